The molecule has 1 aromatic heterocycles. The third-order valence-corrected chi connectivity index (χ3v) is 4.78. The number of nitrogens with one attached hydrogen (secondary N) is 1. The van der Waals surface area contributed by atoms with Crippen molar-refractivity contribution in [1.82, 2.24) is 9.97 Å². The largest absolute Gasteiger partial charge is 0.493 e. The summed E-state index contributed by atoms with van der Waals surface area (Å²) in [6.07, 6.45) is 1.75. The number of aromatic nitrogens is 2. The number of rotatable bonds is 6. The fourth-order valence-corrected chi connectivity index (χ4v) is 3.20. The molecule has 6 nitrogen and oxygen atoms in total. The molecule has 0 saturated heterocycles. The SMILES string of the molecule is COc1cc(/C=C(/C#N)c2nc3ccccc3[nH]2)ccc1OCc1ccccc1C#N. The van der Waals surface area contributed by atoms with E-state index in [9.17, 15) is 10.5 Å². The molecular formula is C25H18N4O2. The van der Waals surface area contributed by atoms with Gasteiger partial charge in [-0.2, -0.15) is 10.5 Å². The van der Waals surface area contributed by atoms with Crippen molar-refractivity contribution in [1.29, 1.82) is 10.5 Å². The average molecular weight is 406 g/mol. The van der Waals surface area contributed by atoms with Crippen molar-refractivity contribution in [3.8, 4) is 23.6 Å². The Kier molecular flexibility index (Phi) is 5.64. The van der Waals surface area contributed by atoms with Crippen LogP contribution in [0.5, 0.6) is 11.5 Å². The van der Waals surface area contributed by atoms with Crippen LogP contribution in [0.15, 0.2) is 66.7 Å². The Morgan fingerprint density at radius 1 is 1.03 bits per heavy atom. The van der Waals surface area contributed by atoms with Gasteiger partial charge in [0.25, 0.3) is 0 Å². The van der Waals surface area contributed by atoms with Crippen molar-refractivity contribution in [2.24, 2.45) is 0 Å². The average Bonchev–Trinajstić information content (AvgIpc) is 3.25. The standard InChI is InChI=1S/C25H18N4O2/c1-30-24-13-17(10-11-23(24)31-16-19-7-3-2-6-18(19)14-26)12-20(15-27)25-28-21-8-4-5-9-22(21)29-25/h2-13H,16H2,1H3,(H,28,29)/b20-12-. The molecule has 4 rings (SSSR count). The molecule has 0 amide bonds. The Labute approximate surface area is 179 Å². The summed E-state index contributed by atoms with van der Waals surface area (Å²) in [5.74, 6) is 1.59. The lowest BCUT2D eigenvalue weighted by Crippen LogP contribution is -2.00. The second-order valence-corrected chi connectivity index (χ2v) is 6.74. The van der Waals surface area contributed by atoms with E-state index in [4.69, 9.17) is 9.47 Å². The number of ether oxygens (including phenoxy) is 2. The van der Waals surface area contributed by atoms with Gasteiger partial charge < -0.3 is 14.5 Å². The van der Waals surface area contributed by atoms with Gasteiger partial charge in [-0.3, -0.25) is 0 Å². The predicted octanol–water partition coefficient (Wildman–Crippen LogP) is 5.09. The van der Waals surface area contributed by atoms with E-state index in [0.29, 0.717) is 28.5 Å². The molecule has 0 aliphatic rings. The second-order valence-electron chi connectivity index (χ2n) is 6.74. The third-order valence-electron chi connectivity index (χ3n) is 4.78. The Morgan fingerprint density at radius 3 is 2.61 bits per heavy atom. The minimum Gasteiger partial charge on any atom is -0.493 e. The van der Waals surface area contributed by atoms with Gasteiger partial charge in [-0.15, -0.1) is 0 Å². The first-order valence-corrected chi connectivity index (χ1v) is 9.57. The molecule has 0 spiro atoms. The molecule has 0 saturated carbocycles. The molecule has 0 bridgehead atoms. The Hall–Kier alpha value is -4.55. The van der Waals surface area contributed by atoms with Gasteiger partial charge in [-0.05, 0) is 42.0 Å². The number of aromatic amines is 1. The number of imidazole rings is 1. The molecule has 0 unspecified atom stereocenters. The second kappa shape index (κ2) is 8.86. The zero-order valence-electron chi connectivity index (χ0n) is 16.8. The molecule has 6 heteroatoms. The molecule has 0 fully saturated rings. The van der Waals surface area contributed by atoms with E-state index in [2.05, 4.69) is 22.1 Å². The summed E-state index contributed by atoms with van der Waals surface area (Å²) in [5, 5.41) is 18.9. The van der Waals surface area contributed by atoms with Crippen molar-refractivity contribution >= 4 is 22.7 Å². The Morgan fingerprint density at radius 2 is 1.84 bits per heavy atom. The fraction of sp³-hybridized carbons (Fsp3) is 0.0800. The van der Waals surface area contributed by atoms with Crippen molar-refractivity contribution in [3.05, 3.63) is 89.2 Å². The van der Waals surface area contributed by atoms with Crippen LogP contribution < -0.4 is 9.47 Å². The summed E-state index contributed by atoms with van der Waals surface area (Å²) in [5.41, 5.74) is 4.24. The number of nitriles is 2. The zero-order valence-corrected chi connectivity index (χ0v) is 16.8. The lowest BCUT2D eigenvalue weighted by atomic mass is 10.1. The van der Waals surface area contributed by atoms with Gasteiger partial charge in [-0.25, -0.2) is 4.98 Å². The van der Waals surface area contributed by atoms with E-state index in [-0.39, 0.29) is 6.61 Å². The topological polar surface area (TPSA) is 94.7 Å². The summed E-state index contributed by atoms with van der Waals surface area (Å²) in [6, 6.07) is 24.7. The predicted molar refractivity (Wildman–Crippen MR) is 118 cm³/mol. The summed E-state index contributed by atoms with van der Waals surface area (Å²) < 4.78 is 11.4. The third kappa shape index (κ3) is 4.24. The fourth-order valence-electron chi connectivity index (χ4n) is 3.20. The van der Waals surface area contributed by atoms with Crippen LogP contribution in [-0.2, 0) is 6.61 Å². The first-order chi connectivity index (χ1) is 15.2. The monoisotopic (exact) mass is 406 g/mol. The molecule has 0 radical (unpaired) electrons. The van der Waals surface area contributed by atoms with Crippen LogP contribution in [0.2, 0.25) is 0 Å². The van der Waals surface area contributed by atoms with Crippen molar-refractivity contribution < 1.29 is 9.47 Å². The van der Waals surface area contributed by atoms with Gasteiger partial charge in [0, 0.05) is 5.56 Å². The maximum absolute atomic E-state index is 9.65. The summed E-state index contributed by atoms with van der Waals surface area (Å²) in [4.78, 5) is 7.66. The summed E-state index contributed by atoms with van der Waals surface area (Å²) in [7, 11) is 1.56. The molecular weight excluding hydrogens is 388 g/mol. The van der Waals surface area contributed by atoms with Crippen LogP contribution in [0.4, 0.5) is 0 Å². The van der Waals surface area contributed by atoms with Gasteiger partial charge in [0.05, 0.1) is 35.3 Å². The minimum atomic E-state index is 0.248. The molecule has 0 aliphatic carbocycles. The highest BCUT2D eigenvalue weighted by Crippen LogP contribution is 2.30. The van der Waals surface area contributed by atoms with Crippen LogP contribution in [0.25, 0.3) is 22.7 Å². The number of fused-ring (bicyclic) bond motifs is 1. The van der Waals surface area contributed by atoms with E-state index < -0.39 is 0 Å². The molecule has 150 valence electrons. The van der Waals surface area contributed by atoms with Crippen LogP contribution in [0.1, 0.15) is 22.5 Å². The van der Waals surface area contributed by atoms with Gasteiger partial charge in [0.2, 0.25) is 0 Å². The van der Waals surface area contributed by atoms with E-state index >= 15 is 0 Å². The van der Waals surface area contributed by atoms with Crippen molar-refractivity contribution in [2.75, 3.05) is 7.11 Å². The van der Waals surface area contributed by atoms with Crippen LogP contribution in [-0.4, -0.2) is 17.1 Å². The lowest BCUT2D eigenvalue weighted by Gasteiger charge is -2.12. The normalized spacial score (nSPS) is 11.0. The smallest absolute Gasteiger partial charge is 0.161 e. The van der Waals surface area contributed by atoms with E-state index in [1.165, 1.54) is 0 Å². The minimum absolute atomic E-state index is 0.248. The maximum atomic E-state index is 9.65. The zero-order chi connectivity index (χ0) is 21.6. The molecule has 31 heavy (non-hydrogen) atoms. The number of nitrogens with zero attached hydrogens (tertiary/aromatic N) is 3. The highest BCUT2D eigenvalue weighted by atomic mass is 16.5. The molecule has 4 aromatic rings. The van der Waals surface area contributed by atoms with Crippen LogP contribution in [0.3, 0.4) is 0 Å². The first kappa shape index (κ1) is 19.8. The number of allylic oxidation sites excluding steroid dienone is 1. The van der Waals surface area contributed by atoms with Crippen molar-refractivity contribution in [2.45, 2.75) is 6.61 Å². The Balaban J connectivity index is 1.59. The van der Waals surface area contributed by atoms with E-state index in [1.807, 2.05) is 48.5 Å². The highest BCUT2D eigenvalue weighted by Gasteiger charge is 2.11. The highest BCUT2D eigenvalue weighted by molar-refractivity contribution is 5.90. The number of methoxy groups -OCH3 is 1. The van der Waals surface area contributed by atoms with Gasteiger partial charge in [0.15, 0.2) is 11.5 Å². The molecule has 1 N–H and O–H groups in total. The molecule has 1 heterocycles. The number of hydrogen-bond donors (Lipinski definition) is 1. The Bertz CT molecular complexity index is 1320. The summed E-state index contributed by atoms with van der Waals surface area (Å²) >= 11 is 0. The molecule has 0 aliphatic heterocycles. The van der Waals surface area contributed by atoms with Crippen molar-refractivity contribution in [3.63, 3.8) is 0 Å². The van der Waals surface area contributed by atoms with Crippen LogP contribution in [0, 0.1) is 22.7 Å². The van der Waals surface area contributed by atoms with E-state index in [0.717, 1.165) is 22.2 Å². The number of para-hydroxylation sites is 2. The number of H-pyrrole nitrogens is 1. The van der Waals surface area contributed by atoms with Gasteiger partial charge >= 0.3 is 0 Å². The first-order valence-electron chi connectivity index (χ1n) is 9.57. The molecule has 0 atom stereocenters. The molecule has 3 aromatic carbocycles. The summed E-state index contributed by atoms with van der Waals surface area (Å²) in [6.45, 7) is 0.248. The van der Waals surface area contributed by atoms with E-state index in [1.54, 1.807) is 31.4 Å². The van der Waals surface area contributed by atoms with Gasteiger partial charge in [0.1, 0.15) is 18.5 Å². The van der Waals surface area contributed by atoms with Crippen LogP contribution >= 0.6 is 0 Å². The van der Waals surface area contributed by atoms with Gasteiger partial charge in [-0.1, -0.05) is 36.4 Å². The quantitative estimate of drug-likeness (QED) is 0.450. The maximum Gasteiger partial charge on any atom is 0.161 e. The number of benzene rings is 3. The lowest BCUT2D eigenvalue weighted by molar-refractivity contribution is 0.284. The number of hydrogen-bond acceptors (Lipinski definition) is 5.